The van der Waals surface area contributed by atoms with Gasteiger partial charge in [0.15, 0.2) is 0 Å². The molecule has 5 heteroatoms. The fourth-order valence-corrected chi connectivity index (χ4v) is 2.70. The highest BCUT2D eigenvalue weighted by Gasteiger charge is 2.31. The molecule has 0 bridgehead atoms. The van der Waals surface area contributed by atoms with Crippen LogP contribution in [0.2, 0.25) is 0 Å². The van der Waals surface area contributed by atoms with Crippen LogP contribution in [0.3, 0.4) is 0 Å². The SMILES string of the molecule is CCn1cncc1CNC(=O)N(CC=Cc1ccccc1)C1CC1. The number of benzene rings is 1. The minimum absolute atomic E-state index is 0.000866. The van der Waals surface area contributed by atoms with Gasteiger partial charge in [0, 0.05) is 25.3 Å². The first-order chi connectivity index (χ1) is 11.8. The Morgan fingerprint density at radius 2 is 2.17 bits per heavy atom. The van der Waals surface area contributed by atoms with Gasteiger partial charge in [-0.2, -0.15) is 0 Å². The van der Waals surface area contributed by atoms with Crippen LogP contribution >= 0.6 is 0 Å². The van der Waals surface area contributed by atoms with Crippen molar-refractivity contribution < 1.29 is 4.79 Å². The summed E-state index contributed by atoms with van der Waals surface area (Å²) in [5, 5.41) is 3.02. The van der Waals surface area contributed by atoms with Crippen LogP contribution in [0, 0.1) is 0 Å². The standard InChI is InChI=1S/C19H24N4O/c1-2-22-15-20-13-18(22)14-21-19(24)23(17-10-11-17)12-6-9-16-7-4-3-5-8-16/h3-9,13,15,17H,2,10-12,14H2,1H3,(H,21,24). The predicted molar refractivity (Wildman–Crippen MR) is 95.3 cm³/mol. The normalized spacial score (nSPS) is 14.0. The number of carbonyl (C=O) groups excluding carboxylic acids is 1. The fourth-order valence-electron chi connectivity index (χ4n) is 2.70. The lowest BCUT2D eigenvalue weighted by Gasteiger charge is -2.21. The molecule has 1 N–H and O–H groups in total. The smallest absolute Gasteiger partial charge is 0.318 e. The zero-order chi connectivity index (χ0) is 16.8. The molecule has 1 aromatic carbocycles. The second kappa shape index (κ2) is 7.81. The third-order valence-electron chi connectivity index (χ3n) is 4.22. The lowest BCUT2D eigenvalue weighted by Crippen LogP contribution is -2.41. The highest BCUT2D eigenvalue weighted by atomic mass is 16.2. The van der Waals surface area contributed by atoms with E-state index in [9.17, 15) is 4.79 Å². The van der Waals surface area contributed by atoms with Gasteiger partial charge in [-0.15, -0.1) is 0 Å². The van der Waals surface area contributed by atoms with E-state index in [0.29, 0.717) is 19.1 Å². The topological polar surface area (TPSA) is 50.2 Å². The van der Waals surface area contributed by atoms with Gasteiger partial charge in [0.1, 0.15) is 0 Å². The van der Waals surface area contributed by atoms with E-state index in [4.69, 9.17) is 0 Å². The van der Waals surface area contributed by atoms with E-state index < -0.39 is 0 Å². The summed E-state index contributed by atoms with van der Waals surface area (Å²) in [5.74, 6) is 0. The van der Waals surface area contributed by atoms with Crippen LogP contribution in [-0.4, -0.2) is 33.1 Å². The van der Waals surface area contributed by atoms with Crippen LogP contribution in [0.4, 0.5) is 4.79 Å². The van der Waals surface area contributed by atoms with E-state index in [-0.39, 0.29) is 6.03 Å². The maximum Gasteiger partial charge on any atom is 0.318 e. The van der Waals surface area contributed by atoms with Crippen LogP contribution in [0.15, 0.2) is 48.9 Å². The Labute approximate surface area is 143 Å². The fraction of sp³-hybridized carbons (Fsp3) is 0.368. The first kappa shape index (κ1) is 16.3. The summed E-state index contributed by atoms with van der Waals surface area (Å²) in [6.45, 7) is 4.08. The summed E-state index contributed by atoms with van der Waals surface area (Å²) < 4.78 is 2.04. The molecule has 0 radical (unpaired) electrons. The molecule has 0 spiro atoms. The predicted octanol–water partition coefficient (Wildman–Crippen LogP) is 3.29. The van der Waals surface area contributed by atoms with Crippen molar-refractivity contribution in [3.8, 4) is 0 Å². The van der Waals surface area contributed by atoms with Crippen LogP contribution < -0.4 is 5.32 Å². The van der Waals surface area contributed by atoms with Crippen LogP contribution in [0.5, 0.6) is 0 Å². The van der Waals surface area contributed by atoms with Crippen LogP contribution in [0.25, 0.3) is 6.08 Å². The van der Waals surface area contributed by atoms with Gasteiger partial charge in [-0.25, -0.2) is 9.78 Å². The van der Waals surface area contributed by atoms with Crippen molar-refractivity contribution in [3.63, 3.8) is 0 Å². The van der Waals surface area contributed by atoms with Crippen molar-refractivity contribution in [1.82, 2.24) is 19.8 Å². The number of hydrogen-bond acceptors (Lipinski definition) is 2. The Morgan fingerprint density at radius 1 is 1.38 bits per heavy atom. The average molecular weight is 324 g/mol. The Bertz CT molecular complexity index is 688. The van der Waals surface area contributed by atoms with E-state index >= 15 is 0 Å². The molecule has 0 saturated heterocycles. The Balaban J connectivity index is 1.55. The molecule has 1 aliphatic carbocycles. The monoisotopic (exact) mass is 324 g/mol. The number of hydrogen-bond donors (Lipinski definition) is 1. The molecule has 2 amide bonds. The first-order valence-corrected chi connectivity index (χ1v) is 8.53. The molecular weight excluding hydrogens is 300 g/mol. The Hall–Kier alpha value is -2.56. The molecular formula is C19H24N4O. The van der Waals surface area contributed by atoms with Crippen molar-refractivity contribution in [2.24, 2.45) is 0 Å². The van der Waals surface area contributed by atoms with E-state index in [0.717, 1.165) is 30.6 Å². The summed E-state index contributed by atoms with van der Waals surface area (Å²) in [4.78, 5) is 18.6. The van der Waals surface area contributed by atoms with Gasteiger partial charge in [0.25, 0.3) is 0 Å². The average Bonchev–Trinajstić information content (AvgIpc) is 3.35. The molecule has 1 aromatic heterocycles. The Morgan fingerprint density at radius 3 is 2.88 bits per heavy atom. The molecule has 24 heavy (non-hydrogen) atoms. The second-order valence-electron chi connectivity index (χ2n) is 6.03. The lowest BCUT2D eigenvalue weighted by molar-refractivity contribution is 0.200. The van der Waals surface area contributed by atoms with Crippen LogP contribution in [0.1, 0.15) is 31.0 Å². The summed E-state index contributed by atoms with van der Waals surface area (Å²) in [6, 6.07) is 10.5. The van der Waals surface area contributed by atoms with Crippen molar-refractivity contribution >= 4 is 12.1 Å². The van der Waals surface area contributed by atoms with Gasteiger partial charge in [-0.3, -0.25) is 0 Å². The number of rotatable bonds is 7. The maximum absolute atomic E-state index is 12.5. The van der Waals surface area contributed by atoms with Crippen molar-refractivity contribution in [1.29, 1.82) is 0 Å². The van der Waals surface area contributed by atoms with E-state index in [1.807, 2.05) is 27.7 Å². The molecule has 0 aliphatic heterocycles. The van der Waals surface area contributed by atoms with Gasteiger partial charge >= 0.3 is 6.03 Å². The third kappa shape index (κ3) is 4.25. The number of nitrogens with zero attached hydrogens (tertiary/aromatic N) is 3. The molecule has 1 fully saturated rings. The quantitative estimate of drug-likeness (QED) is 0.849. The molecule has 3 rings (SSSR count). The first-order valence-electron chi connectivity index (χ1n) is 8.53. The summed E-state index contributed by atoms with van der Waals surface area (Å²) in [6.07, 6.45) is 9.92. The summed E-state index contributed by atoms with van der Waals surface area (Å²) >= 11 is 0. The van der Waals surface area contributed by atoms with Crippen LogP contribution in [-0.2, 0) is 13.1 Å². The zero-order valence-corrected chi connectivity index (χ0v) is 14.1. The minimum Gasteiger partial charge on any atom is -0.333 e. The lowest BCUT2D eigenvalue weighted by atomic mass is 10.2. The summed E-state index contributed by atoms with van der Waals surface area (Å²) in [7, 11) is 0. The maximum atomic E-state index is 12.5. The molecule has 0 atom stereocenters. The number of aromatic nitrogens is 2. The number of aryl methyl sites for hydroxylation is 1. The van der Waals surface area contributed by atoms with Gasteiger partial charge in [-0.1, -0.05) is 42.5 Å². The molecule has 5 nitrogen and oxygen atoms in total. The van der Waals surface area contributed by atoms with Gasteiger partial charge < -0.3 is 14.8 Å². The molecule has 1 aliphatic rings. The molecule has 1 saturated carbocycles. The number of carbonyl (C=O) groups is 1. The van der Waals surface area contributed by atoms with E-state index in [1.165, 1.54) is 0 Å². The highest BCUT2D eigenvalue weighted by Crippen LogP contribution is 2.26. The number of urea groups is 1. The van der Waals surface area contributed by atoms with Crippen molar-refractivity contribution in [2.75, 3.05) is 6.54 Å². The van der Waals surface area contributed by atoms with E-state index in [1.54, 1.807) is 12.5 Å². The second-order valence-corrected chi connectivity index (χ2v) is 6.03. The molecule has 1 heterocycles. The third-order valence-corrected chi connectivity index (χ3v) is 4.22. The molecule has 2 aromatic rings. The number of imidazole rings is 1. The van der Waals surface area contributed by atoms with Crippen molar-refractivity contribution in [3.05, 3.63) is 60.2 Å². The Kier molecular flexibility index (Phi) is 5.31. The largest absolute Gasteiger partial charge is 0.333 e. The van der Waals surface area contributed by atoms with Gasteiger partial charge in [-0.05, 0) is 25.3 Å². The molecule has 0 unspecified atom stereocenters. The zero-order valence-electron chi connectivity index (χ0n) is 14.1. The number of amides is 2. The highest BCUT2D eigenvalue weighted by molar-refractivity contribution is 5.75. The summed E-state index contributed by atoms with van der Waals surface area (Å²) in [5.41, 5.74) is 2.18. The van der Waals surface area contributed by atoms with E-state index in [2.05, 4.69) is 41.5 Å². The minimum atomic E-state index is -0.000866. The van der Waals surface area contributed by atoms with Crippen molar-refractivity contribution in [2.45, 2.75) is 38.9 Å². The van der Waals surface area contributed by atoms with Gasteiger partial charge in [0.2, 0.25) is 0 Å². The number of nitrogens with one attached hydrogen (secondary N) is 1. The molecule has 126 valence electrons. The van der Waals surface area contributed by atoms with Gasteiger partial charge in [0.05, 0.1) is 18.6 Å².